The minimum absolute atomic E-state index is 0.00773. The standard InChI is InChI=1S/C19H29N3O2/c1-19(2,3)18(24)20-12-8-11-17(23)21-15-9-4-5-10-16(15)22-13-6-7-14-22/h4-5,9-10H,6-8,11-14H2,1-3H3,(H,20,24)(H,21,23). The first-order chi connectivity index (χ1) is 11.4. The van der Waals surface area contributed by atoms with Crippen molar-refractivity contribution in [3.63, 3.8) is 0 Å². The molecule has 1 aromatic rings. The topological polar surface area (TPSA) is 61.4 Å². The molecule has 1 aliphatic heterocycles. The normalized spacial score (nSPS) is 14.5. The molecular formula is C19H29N3O2. The Morgan fingerprint density at radius 3 is 2.46 bits per heavy atom. The number of anilines is 2. The maximum Gasteiger partial charge on any atom is 0.225 e. The van der Waals surface area contributed by atoms with Crippen LogP contribution >= 0.6 is 0 Å². The molecule has 5 heteroatoms. The fraction of sp³-hybridized carbons (Fsp3) is 0.579. The molecule has 0 bridgehead atoms. The number of carbonyl (C=O) groups is 2. The van der Waals surface area contributed by atoms with Gasteiger partial charge in [-0.05, 0) is 31.4 Å². The Bertz CT molecular complexity index is 572. The minimum Gasteiger partial charge on any atom is -0.370 e. The summed E-state index contributed by atoms with van der Waals surface area (Å²) in [6.45, 7) is 8.26. The number of hydrogen-bond donors (Lipinski definition) is 2. The fourth-order valence-electron chi connectivity index (χ4n) is 2.74. The molecule has 0 saturated carbocycles. The third-order valence-electron chi connectivity index (χ3n) is 4.17. The molecule has 2 N–H and O–H groups in total. The molecule has 0 atom stereocenters. The molecule has 132 valence electrons. The van der Waals surface area contributed by atoms with Crippen molar-refractivity contribution in [2.24, 2.45) is 5.41 Å². The predicted octanol–water partition coefficient (Wildman–Crippen LogP) is 3.17. The molecule has 1 saturated heterocycles. The quantitative estimate of drug-likeness (QED) is 0.787. The van der Waals surface area contributed by atoms with Crippen LogP contribution in [0.1, 0.15) is 46.5 Å². The summed E-state index contributed by atoms with van der Waals surface area (Å²) in [4.78, 5) is 26.3. The molecule has 2 rings (SSSR count). The van der Waals surface area contributed by atoms with Gasteiger partial charge in [0, 0.05) is 31.5 Å². The van der Waals surface area contributed by atoms with Gasteiger partial charge >= 0.3 is 0 Å². The first kappa shape index (κ1) is 18.3. The monoisotopic (exact) mass is 331 g/mol. The Morgan fingerprint density at radius 1 is 1.12 bits per heavy atom. The highest BCUT2D eigenvalue weighted by atomic mass is 16.2. The van der Waals surface area contributed by atoms with E-state index in [9.17, 15) is 9.59 Å². The van der Waals surface area contributed by atoms with Crippen LogP contribution in [0.4, 0.5) is 11.4 Å². The molecule has 1 aromatic carbocycles. The Morgan fingerprint density at radius 2 is 1.79 bits per heavy atom. The van der Waals surface area contributed by atoms with Gasteiger partial charge in [-0.25, -0.2) is 0 Å². The van der Waals surface area contributed by atoms with Gasteiger partial charge < -0.3 is 15.5 Å². The SMILES string of the molecule is CC(C)(C)C(=O)NCCCC(=O)Nc1ccccc1N1CCCC1. The zero-order valence-electron chi connectivity index (χ0n) is 15.0. The number of rotatable bonds is 6. The summed E-state index contributed by atoms with van der Waals surface area (Å²) in [5, 5.41) is 5.88. The van der Waals surface area contributed by atoms with E-state index >= 15 is 0 Å². The number of nitrogens with one attached hydrogen (secondary N) is 2. The van der Waals surface area contributed by atoms with E-state index in [1.54, 1.807) is 0 Å². The van der Waals surface area contributed by atoms with E-state index in [-0.39, 0.29) is 11.8 Å². The number of para-hydroxylation sites is 2. The Hall–Kier alpha value is -2.04. The van der Waals surface area contributed by atoms with Crippen LogP contribution in [0.25, 0.3) is 0 Å². The van der Waals surface area contributed by atoms with Gasteiger partial charge in [-0.3, -0.25) is 9.59 Å². The number of benzene rings is 1. The van der Waals surface area contributed by atoms with Crippen LogP contribution in [-0.2, 0) is 9.59 Å². The number of hydrogen-bond acceptors (Lipinski definition) is 3. The van der Waals surface area contributed by atoms with E-state index in [1.807, 2.05) is 39.0 Å². The van der Waals surface area contributed by atoms with Crippen LogP contribution in [0.2, 0.25) is 0 Å². The van der Waals surface area contributed by atoms with Crippen LogP contribution in [0.5, 0.6) is 0 Å². The Kier molecular flexibility index (Phi) is 6.23. The smallest absolute Gasteiger partial charge is 0.225 e. The maximum absolute atomic E-state index is 12.2. The van der Waals surface area contributed by atoms with Crippen LogP contribution in [0.3, 0.4) is 0 Å². The summed E-state index contributed by atoms with van der Waals surface area (Å²) in [5.41, 5.74) is 1.59. The first-order valence-corrected chi connectivity index (χ1v) is 8.80. The molecule has 0 unspecified atom stereocenters. The number of nitrogens with zero attached hydrogens (tertiary/aromatic N) is 1. The van der Waals surface area contributed by atoms with E-state index in [0.717, 1.165) is 24.5 Å². The van der Waals surface area contributed by atoms with Crippen molar-refractivity contribution in [2.45, 2.75) is 46.5 Å². The van der Waals surface area contributed by atoms with Crippen molar-refractivity contribution in [1.29, 1.82) is 0 Å². The lowest BCUT2D eigenvalue weighted by atomic mass is 9.96. The molecule has 0 spiro atoms. The lowest BCUT2D eigenvalue weighted by Gasteiger charge is -2.21. The van der Waals surface area contributed by atoms with Crippen molar-refractivity contribution in [3.05, 3.63) is 24.3 Å². The van der Waals surface area contributed by atoms with Gasteiger partial charge in [0.15, 0.2) is 0 Å². The van der Waals surface area contributed by atoms with Crippen molar-refractivity contribution >= 4 is 23.2 Å². The molecule has 0 aromatic heterocycles. The second-order valence-electron chi connectivity index (χ2n) is 7.37. The predicted molar refractivity (Wildman–Crippen MR) is 98.2 cm³/mol. The molecule has 0 aliphatic carbocycles. The summed E-state index contributed by atoms with van der Waals surface area (Å²) in [6, 6.07) is 7.96. The molecule has 1 aliphatic rings. The van der Waals surface area contributed by atoms with Gasteiger partial charge in [0.1, 0.15) is 0 Å². The van der Waals surface area contributed by atoms with Crippen molar-refractivity contribution < 1.29 is 9.59 Å². The summed E-state index contributed by atoms with van der Waals surface area (Å²) in [5.74, 6) is 0.00828. The van der Waals surface area contributed by atoms with Crippen LogP contribution < -0.4 is 15.5 Å². The number of amides is 2. The molecule has 5 nitrogen and oxygen atoms in total. The van der Waals surface area contributed by atoms with Gasteiger partial charge in [0.05, 0.1) is 11.4 Å². The average Bonchev–Trinajstić information content (AvgIpc) is 3.05. The molecule has 0 radical (unpaired) electrons. The van der Waals surface area contributed by atoms with Gasteiger partial charge in [0.2, 0.25) is 11.8 Å². The zero-order chi connectivity index (χ0) is 17.6. The molecule has 24 heavy (non-hydrogen) atoms. The first-order valence-electron chi connectivity index (χ1n) is 8.80. The summed E-state index contributed by atoms with van der Waals surface area (Å²) in [6.07, 6.45) is 3.45. The highest BCUT2D eigenvalue weighted by Crippen LogP contribution is 2.28. The Labute approximate surface area is 144 Å². The number of carbonyl (C=O) groups excluding carboxylic acids is 2. The summed E-state index contributed by atoms with van der Waals surface area (Å²) >= 11 is 0. The second kappa shape index (κ2) is 8.18. The van der Waals surface area contributed by atoms with Gasteiger partial charge in [-0.15, -0.1) is 0 Å². The minimum atomic E-state index is -0.392. The molecular weight excluding hydrogens is 302 g/mol. The lowest BCUT2D eigenvalue weighted by molar-refractivity contribution is -0.128. The molecule has 1 heterocycles. The molecule has 1 fully saturated rings. The van der Waals surface area contributed by atoms with Crippen molar-refractivity contribution in [3.8, 4) is 0 Å². The van der Waals surface area contributed by atoms with E-state index in [0.29, 0.717) is 19.4 Å². The highest BCUT2D eigenvalue weighted by Gasteiger charge is 2.20. The van der Waals surface area contributed by atoms with Gasteiger partial charge in [-0.2, -0.15) is 0 Å². The van der Waals surface area contributed by atoms with E-state index < -0.39 is 5.41 Å². The maximum atomic E-state index is 12.2. The summed E-state index contributed by atoms with van der Waals surface area (Å²) < 4.78 is 0. The lowest BCUT2D eigenvalue weighted by Crippen LogP contribution is -2.35. The Balaban J connectivity index is 1.80. The van der Waals surface area contributed by atoms with Crippen LogP contribution in [-0.4, -0.2) is 31.4 Å². The average molecular weight is 331 g/mol. The molecule has 2 amide bonds. The van der Waals surface area contributed by atoms with Gasteiger partial charge in [-0.1, -0.05) is 32.9 Å². The van der Waals surface area contributed by atoms with Crippen molar-refractivity contribution in [1.82, 2.24) is 5.32 Å². The zero-order valence-corrected chi connectivity index (χ0v) is 15.0. The van der Waals surface area contributed by atoms with E-state index in [4.69, 9.17) is 0 Å². The van der Waals surface area contributed by atoms with Crippen LogP contribution in [0.15, 0.2) is 24.3 Å². The highest BCUT2D eigenvalue weighted by molar-refractivity contribution is 5.94. The van der Waals surface area contributed by atoms with E-state index in [1.165, 1.54) is 12.8 Å². The fourth-order valence-corrected chi connectivity index (χ4v) is 2.74. The summed E-state index contributed by atoms with van der Waals surface area (Å²) in [7, 11) is 0. The van der Waals surface area contributed by atoms with E-state index in [2.05, 4.69) is 21.6 Å². The third-order valence-corrected chi connectivity index (χ3v) is 4.17. The van der Waals surface area contributed by atoms with Crippen LogP contribution in [0, 0.1) is 5.41 Å². The second-order valence-corrected chi connectivity index (χ2v) is 7.37. The third kappa shape index (κ3) is 5.25. The van der Waals surface area contributed by atoms with Crippen molar-refractivity contribution in [2.75, 3.05) is 29.9 Å². The largest absolute Gasteiger partial charge is 0.370 e. The van der Waals surface area contributed by atoms with Gasteiger partial charge in [0.25, 0.3) is 0 Å².